The molecule has 0 bridgehead atoms. The van der Waals surface area contributed by atoms with Crippen LogP contribution in [0.5, 0.6) is 0 Å². The number of thiophene rings is 1. The van der Waals surface area contributed by atoms with E-state index in [9.17, 15) is 0 Å². The summed E-state index contributed by atoms with van der Waals surface area (Å²) in [6.07, 6.45) is 0. The van der Waals surface area contributed by atoms with Crippen LogP contribution < -0.4 is 5.73 Å². The van der Waals surface area contributed by atoms with Gasteiger partial charge in [-0.3, -0.25) is 0 Å². The van der Waals surface area contributed by atoms with Crippen LogP contribution in [0.4, 0.5) is 5.00 Å². The van der Waals surface area contributed by atoms with Crippen LogP contribution in [0.1, 0.15) is 18.0 Å². The van der Waals surface area contributed by atoms with E-state index in [2.05, 4.69) is 17.1 Å². The molecule has 1 aliphatic rings. The number of hydrogen-bond donors (Lipinski definition) is 1. The molecule has 2 atom stereocenters. The summed E-state index contributed by atoms with van der Waals surface area (Å²) in [4.78, 5) is 5.45. The number of nitrogens with two attached hydrogens (primary N) is 1. The SMILES string of the molecule is CC1SCCSC1c1noc(-c2ccc(N)s2)n1. The van der Waals surface area contributed by atoms with Crippen molar-refractivity contribution in [1.82, 2.24) is 10.1 Å². The molecule has 0 amide bonds. The lowest BCUT2D eigenvalue weighted by atomic mass is 10.3. The fourth-order valence-electron chi connectivity index (χ4n) is 1.83. The van der Waals surface area contributed by atoms with E-state index in [-0.39, 0.29) is 0 Å². The summed E-state index contributed by atoms with van der Waals surface area (Å²) in [6, 6.07) is 3.78. The summed E-state index contributed by atoms with van der Waals surface area (Å²) in [5, 5.41) is 5.75. The Kier molecular flexibility index (Phi) is 3.54. The number of anilines is 1. The summed E-state index contributed by atoms with van der Waals surface area (Å²) < 4.78 is 5.34. The maximum atomic E-state index is 5.71. The van der Waals surface area contributed by atoms with Crippen molar-refractivity contribution in [3.05, 3.63) is 18.0 Å². The maximum absolute atomic E-state index is 5.71. The first-order valence-electron chi connectivity index (χ1n) is 5.66. The van der Waals surface area contributed by atoms with Crippen LogP contribution in [0.15, 0.2) is 16.7 Å². The first-order valence-corrected chi connectivity index (χ1v) is 8.58. The van der Waals surface area contributed by atoms with Crippen molar-refractivity contribution in [2.45, 2.75) is 17.4 Å². The van der Waals surface area contributed by atoms with Gasteiger partial charge in [0.25, 0.3) is 5.89 Å². The zero-order valence-electron chi connectivity index (χ0n) is 9.83. The molecule has 7 heteroatoms. The molecule has 0 radical (unpaired) electrons. The number of hydrogen-bond acceptors (Lipinski definition) is 7. The molecule has 0 aliphatic carbocycles. The number of rotatable bonds is 2. The smallest absolute Gasteiger partial charge is 0.268 e. The Morgan fingerprint density at radius 3 is 2.89 bits per heavy atom. The van der Waals surface area contributed by atoms with Gasteiger partial charge in [-0.2, -0.15) is 16.7 Å². The van der Waals surface area contributed by atoms with Gasteiger partial charge < -0.3 is 10.3 Å². The monoisotopic (exact) mass is 299 g/mol. The zero-order chi connectivity index (χ0) is 12.5. The van der Waals surface area contributed by atoms with E-state index in [0.29, 0.717) is 16.4 Å². The largest absolute Gasteiger partial charge is 0.391 e. The fourth-order valence-corrected chi connectivity index (χ4v) is 5.21. The zero-order valence-corrected chi connectivity index (χ0v) is 12.3. The summed E-state index contributed by atoms with van der Waals surface area (Å²) in [6.45, 7) is 2.22. The molecule has 0 saturated carbocycles. The minimum atomic E-state index is 0.332. The van der Waals surface area contributed by atoms with Crippen molar-refractivity contribution in [2.24, 2.45) is 0 Å². The van der Waals surface area contributed by atoms with Crippen molar-refractivity contribution in [3.8, 4) is 10.8 Å². The third-order valence-electron chi connectivity index (χ3n) is 2.72. The predicted octanol–water partition coefficient (Wildman–Crippen LogP) is 3.29. The second-order valence-corrected chi connectivity index (χ2v) is 7.88. The van der Waals surface area contributed by atoms with Gasteiger partial charge in [0.2, 0.25) is 0 Å². The molecule has 2 unspecified atom stereocenters. The molecule has 3 rings (SSSR count). The van der Waals surface area contributed by atoms with E-state index in [4.69, 9.17) is 10.3 Å². The summed E-state index contributed by atoms with van der Waals surface area (Å²) in [5.41, 5.74) is 5.71. The Labute approximate surface area is 118 Å². The van der Waals surface area contributed by atoms with Crippen LogP contribution in [0.25, 0.3) is 10.8 Å². The highest BCUT2D eigenvalue weighted by Crippen LogP contribution is 2.41. The third kappa shape index (κ3) is 2.39. The molecule has 3 heterocycles. The molecular formula is C11H13N3OS3. The normalized spacial score (nSPS) is 24.3. The van der Waals surface area contributed by atoms with Crippen molar-refractivity contribution in [2.75, 3.05) is 17.2 Å². The van der Waals surface area contributed by atoms with Gasteiger partial charge in [-0.1, -0.05) is 12.1 Å². The average Bonchev–Trinajstić information content (AvgIpc) is 2.98. The second-order valence-electron chi connectivity index (χ2n) is 4.03. The van der Waals surface area contributed by atoms with E-state index >= 15 is 0 Å². The summed E-state index contributed by atoms with van der Waals surface area (Å²) in [7, 11) is 0. The lowest BCUT2D eigenvalue weighted by Gasteiger charge is -2.24. The van der Waals surface area contributed by atoms with Gasteiger partial charge >= 0.3 is 0 Å². The van der Waals surface area contributed by atoms with Gasteiger partial charge in [-0.05, 0) is 12.1 Å². The minimum Gasteiger partial charge on any atom is -0.391 e. The van der Waals surface area contributed by atoms with Gasteiger partial charge in [0.1, 0.15) is 0 Å². The Morgan fingerprint density at radius 2 is 2.17 bits per heavy atom. The van der Waals surface area contributed by atoms with Gasteiger partial charge in [-0.25, -0.2) is 0 Å². The van der Waals surface area contributed by atoms with E-state index in [1.807, 2.05) is 35.7 Å². The van der Waals surface area contributed by atoms with Crippen LogP contribution in [-0.2, 0) is 0 Å². The highest BCUT2D eigenvalue weighted by molar-refractivity contribution is 8.06. The molecular weight excluding hydrogens is 286 g/mol. The molecule has 96 valence electrons. The van der Waals surface area contributed by atoms with E-state index in [0.717, 1.165) is 21.5 Å². The fraction of sp³-hybridized carbons (Fsp3) is 0.455. The average molecular weight is 299 g/mol. The standard InChI is InChI=1S/C11H13N3OS3/c1-6-9(17-5-4-16-6)10-13-11(15-14-10)7-2-3-8(12)18-7/h2-3,6,9H,4-5,12H2,1H3. The number of nitrogens with zero attached hydrogens (tertiary/aromatic N) is 2. The van der Waals surface area contributed by atoms with Crippen molar-refractivity contribution < 1.29 is 4.52 Å². The molecule has 1 saturated heterocycles. The van der Waals surface area contributed by atoms with Gasteiger partial charge in [0.15, 0.2) is 5.82 Å². The Bertz CT molecular complexity index is 539. The number of nitrogen functional groups attached to an aromatic ring is 1. The van der Waals surface area contributed by atoms with Gasteiger partial charge in [0, 0.05) is 16.8 Å². The van der Waals surface area contributed by atoms with Crippen LogP contribution >= 0.6 is 34.9 Å². The van der Waals surface area contributed by atoms with Crippen molar-refractivity contribution >= 4 is 39.9 Å². The van der Waals surface area contributed by atoms with E-state index in [1.165, 1.54) is 17.1 Å². The molecule has 2 aromatic heterocycles. The Balaban J connectivity index is 1.84. The van der Waals surface area contributed by atoms with Gasteiger partial charge in [-0.15, -0.1) is 23.1 Å². The molecule has 0 spiro atoms. The summed E-state index contributed by atoms with van der Waals surface area (Å²) in [5.74, 6) is 3.74. The molecule has 2 aromatic rings. The summed E-state index contributed by atoms with van der Waals surface area (Å²) >= 11 is 5.35. The molecule has 1 fully saturated rings. The third-order valence-corrected chi connectivity index (χ3v) is 6.71. The van der Waals surface area contributed by atoms with Crippen molar-refractivity contribution in [1.29, 1.82) is 0 Å². The minimum absolute atomic E-state index is 0.332. The quantitative estimate of drug-likeness (QED) is 0.918. The molecule has 2 N–H and O–H groups in total. The number of thioether (sulfide) groups is 2. The van der Waals surface area contributed by atoms with Crippen LogP contribution in [-0.4, -0.2) is 26.9 Å². The Hall–Kier alpha value is -0.660. The van der Waals surface area contributed by atoms with Crippen LogP contribution in [0.3, 0.4) is 0 Å². The van der Waals surface area contributed by atoms with E-state index < -0.39 is 0 Å². The highest BCUT2D eigenvalue weighted by Gasteiger charge is 2.28. The first-order chi connectivity index (χ1) is 8.74. The molecule has 4 nitrogen and oxygen atoms in total. The topological polar surface area (TPSA) is 64.9 Å². The number of aromatic nitrogens is 2. The molecule has 18 heavy (non-hydrogen) atoms. The van der Waals surface area contributed by atoms with E-state index in [1.54, 1.807) is 0 Å². The highest BCUT2D eigenvalue weighted by atomic mass is 32.2. The maximum Gasteiger partial charge on any atom is 0.268 e. The Morgan fingerprint density at radius 1 is 1.33 bits per heavy atom. The second kappa shape index (κ2) is 5.14. The van der Waals surface area contributed by atoms with Crippen molar-refractivity contribution in [3.63, 3.8) is 0 Å². The molecule has 1 aliphatic heterocycles. The van der Waals surface area contributed by atoms with Gasteiger partial charge in [0.05, 0.1) is 15.1 Å². The molecule has 0 aromatic carbocycles. The van der Waals surface area contributed by atoms with Crippen LogP contribution in [0, 0.1) is 0 Å². The first kappa shape index (κ1) is 12.4. The lowest BCUT2D eigenvalue weighted by molar-refractivity contribution is 0.422. The lowest BCUT2D eigenvalue weighted by Crippen LogP contribution is -2.16. The predicted molar refractivity (Wildman–Crippen MR) is 79.1 cm³/mol. The van der Waals surface area contributed by atoms with Crippen LogP contribution in [0.2, 0.25) is 0 Å².